The van der Waals surface area contributed by atoms with E-state index in [1.165, 1.54) is 6.42 Å². The summed E-state index contributed by atoms with van der Waals surface area (Å²) in [6.07, 6.45) is 2.24. The van der Waals surface area contributed by atoms with E-state index < -0.39 is 10.0 Å². The van der Waals surface area contributed by atoms with Crippen molar-refractivity contribution in [2.24, 2.45) is 0 Å². The van der Waals surface area contributed by atoms with Gasteiger partial charge >= 0.3 is 0 Å². The fourth-order valence-corrected chi connectivity index (χ4v) is 4.73. The third-order valence-corrected chi connectivity index (χ3v) is 6.14. The minimum atomic E-state index is -3.28. The number of anilines is 1. The molecule has 1 aliphatic rings. The molecule has 0 bridgehead atoms. The average molecular weight is 300 g/mol. The highest BCUT2D eigenvalue weighted by molar-refractivity contribution is 8.01. The minimum absolute atomic E-state index is 0.00796. The van der Waals surface area contributed by atoms with Crippen molar-refractivity contribution < 1.29 is 8.42 Å². The number of nitrogens with one attached hydrogen (secondary N) is 1. The number of hydrogen-bond donors (Lipinski definition) is 2. The van der Waals surface area contributed by atoms with Crippen LogP contribution in [0.3, 0.4) is 0 Å². The summed E-state index contributed by atoms with van der Waals surface area (Å²) in [4.78, 5) is 0. The van der Waals surface area contributed by atoms with Gasteiger partial charge in [-0.15, -0.1) is 0 Å². The minimum Gasteiger partial charge on any atom is -0.399 e. The lowest BCUT2D eigenvalue weighted by Crippen LogP contribution is -2.37. The summed E-state index contributed by atoms with van der Waals surface area (Å²) < 4.78 is 26.8. The van der Waals surface area contributed by atoms with Crippen LogP contribution in [0.5, 0.6) is 0 Å². The maximum absolute atomic E-state index is 12.0. The third-order valence-electron chi connectivity index (χ3n) is 3.30. The lowest BCUT2D eigenvalue weighted by Gasteiger charge is -2.22. The Kier molecular flexibility index (Phi) is 4.43. The Balaban J connectivity index is 1.93. The number of hydrogen-bond acceptors (Lipinski definition) is 4. The van der Waals surface area contributed by atoms with Gasteiger partial charge in [0.05, 0.1) is 5.75 Å². The molecule has 0 amide bonds. The predicted molar refractivity (Wildman–Crippen MR) is 81.6 cm³/mol. The monoisotopic (exact) mass is 300 g/mol. The molecular weight excluding hydrogens is 280 g/mol. The molecule has 0 aromatic heterocycles. The maximum atomic E-state index is 12.0. The van der Waals surface area contributed by atoms with E-state index in [2.05, 4.69) is 11.6 Å². The number of nitrogens with two attached hydrogens (primary N) is 1. The van der Waals surface area contributed by atoms with E-state index in [4.69, 9.17) is 5.73 Å². The van der Waals surface area contributed by atoms with Gasteiger partial charge in [0.1, 0.15) is 0 Å². The first-order chi connectivity index (χ1) is 8.89. The van der Waals surface area contributed by atoms with Crippen LogP contribution < -0.4 is 10.5 Å². The molecule has 1 aromatic carbocycles. The van der Waals surface area contributed by atoms with Crippen LogP contribution in [-0.2, 0) is 15.8 Å². The SMILES string of the molecule is CC1(CNS(=O)(=O)Cc2ccc(N)cc2)CCCS1. The van der Waals surface area contributed by atoms with Crippen molar-refractivity contribution in [3.8, 4) is 0 Å². The second-order valence-electron chi connectivity index (χ2n) is 5.22. The first kappa shape index (κ1) is 14.7. The number of nitrogen functional groups attached to an aromatic ring is 1. The molecule has 0 saturated carbocycles. The molecule has 19 heavy (non-hydrogen) atoms. The van der Waals surface area contributed by atoms with E-state index in [1.807, 2.05) is 11.8 Å². The molecular formula is C13H20N2O2S2. The highest BCUT2D eigenvalue weighted by atomic mass is 32.2. The lowest BCUT2D eigenvalue weighted by molar-refractivity contribution is 0.552. The van der Waals surface area contributed by atoms with Gasteiger partial charge in [0, 0.05) is 17.0 Å². The highest BCUT2D eigenvalue weighted by Gasteiger charge is 2.30. The van der Waals surface area contributed by atoms with Crippen molar-refractivity contribution in [2.75, 3.05) is 18.0 Å². The first-order valence-electron chi connectivity index (χ1n) is 6.34. The standard InChI is InChI=1S/C13H20N2O2S2/c1-13(7-2-8-18-13)10-15-19(16,17)9-11-3-5-12(14)6-4-11/h3-6,15H,2,7-10,14H2,1H3. The maximum Gasteiger partial charge on any atom is 0.215 e. The molecule has 1 aliphatic heterocycles. The van der Waals surface area contributed by atoms with Crippen LogP contribution in [-0.4, -0.2) is 25.5 Å². The van der Waals surface area contributed by atoms with Gasteiger partial charge in [0.2, 0.25) is 10.0 Å². The van der Waals surface area contributed by atoms with Gasteiger partial charge in [-0.3, -0.25) is 0 Å². The molecule has 106 valence electrons. The molecule has 1 heterocycles. The average Bonchev–Trinajstić information content (AvgIpc) is 2.78. The molecule has 1 atom stereocenters. The fraction of sp³-hybridized carbons (Fsp3) is 0.538. The smallest absolute Gasteiger partial charge is 0.215 e. The summed E-state index contributed by atoms with van der Waals surface area (Å²) in [5, 5.41) is 0. The zero-order chi connectivity index (χ0) is 13.9. The second-order valence-corrected chi connectivity index (χ2v) is 8.71. The largest absolute Gasteiger partial charge is 0.399 e. The van der Waals surface area contributed by atoms with Gasteiger partial charge < -0.3 is 5.73 Å². The summed E-state index contributed by atoms with van der Waals surface area (Å²) >= 11 is 1.85. The quantitative estimate of drug-likeness (QED) is 0.816. The van der Waals surface area contributed by atoms with Gasteiger partial charge in [0.25, 0.3) is 0 Å². The van der Waals surface area contributed by atoms with Crippen LogP contribution in [0.4, 0.5) is 5.69 Å². The Morgan fingerprint density at radius 3 is 2.63 bits per heavy atom. The van der Waals surface area contributed by atoms with Gasteiger partial charge in [-0.05, 0) is 43.2 Å². The summed E-state index contributed by atoms with van der Waals surface area (Å²) in [5.74, 6) is 1.13. The van der Waals surface area contributed by atoms with Crippen molar-refractivity contribution in [3.05, 3.63) is 29.8 Å². The van der Waals surface area contributed by atoms with Crippen LogP contribution in [0.1, 0.15) is 25.3 Å². The Bertz CT molecular complexity index is 520. The van der Waals surface area contributed by atoms with Crippen molar-refractivity contribution >= 4 is 27.5 Å². The van der Waals surface area contributed by atoms with Crippen LogP contribution in [0, 0.1) is 0 Å². The third kappa shape index (κ3) is 4.40. The number of benzene rings is 1. The van der Waals surface area contributed by atoms with Crippen molar-refractivity contribution in [2.45, 2.75) is 30.3 Å². The summed E-state index contributed by atoms with van der Waals surface area (Å²) in [6.45, 7) is 2.63. The molecule has 0 radical (unpaired) electrons. The van der Waals surface area contributed by atoms with Gasteiger partial charge in [-0.25, -0.2) is 13.1 Å². The predicted octanol–water partition coefficient (Wildman–Crippen LogP) is 1.97. The topological polar surface area (TPSA) is 72.2 Å². The fourth-order valence-electron chi connectivity index (χ4n) is 2.12. The second kappa shape index (κ2) is 5.73. The van der Waals surface area contributed by atoms with Crippen molar-refractivity contribution in [1.82, 2.24) is 4.72 Å². The van der Waals surface area contributed by atoms with E-state index in [0.717, 1.165) is 17.7 Å². The number of thioether (sulfide) groups is 1. The zero-order valence-electron chi connectivity index (χ0n) is 11.1. The van der Waals surface area contributed by atoms with E-state index in [1.54, 1.807) is 24.3 Å². The van der Waals surface area contributed by atoms with Crippen LogP contribution in [0.2, 0.25) is 0 Å². The van der Waals surface area contributed by atoms with E-state index in [9.17, 15) is 8.42 Å². The van der Waals surface area contributed by atoms with E-state index in [0.29, 0.717) is 12.2 Å². The number of sulfonamides is 1. The van der Waals surface area contributed by atoms with Crippen molar-refractivity contribution in [3.63, 3.8) is 0 Å². The summed E-state index contributed by atoms with van der Waals surface area (Å²) in [5.41, 5.74) is 6.98. The summed E-state index contributed by atoms with van der Waals surface area (Å²) in [6, 6.07) is 6.94. The Hall–Kier alpha value is -0.720. The van der Waals surface area contributed by atoms with Crippen LogP contribution in [0.15, 0.2) is 24.3 Å². The van der Waals surface area contributed by atoms with Gasteiger partial charge in [0.15, 0.2) is 0 Å². The van der Waals surface area contributed by atoms with E-state index in [-0.39, 0.29) is 10.5 Å². The van der Waals surface area contributed by atoms with Crippen LogP contribution >= 0.6 is 11.8 Å². The molecule has 1 unspecified atom stereocenters. The molecule has 1 saturated heterocycles. The van der Waals surface area contributed by atoms with Crippen LogP contribution in [0.25, 0.3) is 0 Å². The molecule has 3 N–H and O–H groups in total. The summed E-state index contributed by atoms with van der Waals surface area (Å²) in [7, 11) is -3.28. The molecule has 1 aromatic rings. The lowest BCUT2D eigenvalue weighted by atomic mass is 10.1. The molecule has 0 aliphatic carbocycles. The number of rotatable bonds is 5. The Morgan fingerprint density at radius 2 is 2.05 bits per heavy atom. The molecule has 1 fully saturated rings. The molecule has 2 rings (SSSR count). The van der Waals surface area contributed by atoms with E-state index >= 15 is 0 Å². The normalized spacial score (nSPS) is 23.6. The zero-order valence-corrected chi connectivity index (χ0v) is 12.7. The Morgan fingerprint density at radius 1 is 1.37 bits per heavy atom. The van der Waals surface area contributed by atoms with Gasteiger partial charge in [-0.1, -0.05) is 12.1 Å². The Labute approximate surface area is 119 Å². The molecule has 4 nitrogen and oxygen atoms in total. The molecule has 6 heteroatoms. The first-order valence-corrected chi connectivity index (χ1v) is 8.98. The van der Waals surface area contributed by atoms with Crippen molar-refractivity contribution in [1.29, 1.82) is 0 Å². The highest BCUT2D eigenvalue weighted by Crippen LogP contribution is 2.37. The van der Waals surface area contributed by atoms with Gasteiger partial charge in [-0.2, -0.15) is 11.8 Å². The molecule has 0 spiro atoms.